The molecule has 0 spiro atoms. The Labute approximate surface area is 238 Å². The SMILES string of the molecule is CCOC(=O)c1cccc(NC(=O)N2Cc3c(C)nn(-c4ccccc4)c3-n3cccc3[C@@H]2c2ccc(C)cc2)c1. The van der Waals surface area contributed by atoms with Crippen molar-refractivity contribution in [3.63, 3.8) is 0 Å². The number of carbonyl (C=O) groups is 2. The maximum Gasteiger partial charge on any atom is 0.338 e. The first kappa shape index (κ1) is 26.1. The molecule has 1 aliphatic heterocycles. The molecule has 8 heteroatoms. The van der Waals surface area contributed by atoms with E-state index in [-0.39, 0.29) is 18.7 Å². The maximum atomic E-state index is 14.2. The van der Waals surface area contributed by atoms with Crippen LogP contribution in [0.2, 0.25) is 0 Å². The molecule has 0 saturated carbocycles. The Balaban J connectivity index is 1.47. The molecule has 0 unspecified atom stereocenters. The second kappa shape index (κ2) is 10.8. The minimum Gasteiger partial charge on any atom is -0.462 e. The van der Waals surface area contributed by atoms with E-state index in [1.54, 1.807) is 31.2 Å². The molecule has 2 amide bonds. The van der Waals surface area contributed by atoms with E-state index in [2.05, 4.69) is 40.2 Å². The minimum absolute atomic E-state index is 0.277. The first-order valence-electron chi connectivity index (χ1n) is 13.7. The van der Waals surface area contributed by atoms with Crippen LogP contribution in [0.5, 0.6) is 0 Å². The molecule has 2 aromatic heterocycles. The first-order valence-corrected chi connectivity index (χ1v) is 13.7. The van der Waals surface area contributed by atoms with Crippen LogP contribution < -0.4 is 5.32 Å². The summed E-state index contributed by atoms with van der Waals surface area (Å²) in [5.74, 6) is 0.479. The van der Waals surface area contributed by atoms with E-state index in [1.165, 1.54) is 0 Å². The number of esters is 1. The smallest absolute Gasteiger partial charge is 0.338 e. The van der Waals surface area contributed by atoms with Gasteiger partial charge in [-0.15, -0.1) is 0 Å². The van der Waals surface area contributed by atoms with E-state index in [9.17, 15) is 9.59 Å². The largest absolute Gasteiger partial charge is 0.462 e. The average Bonchev–Trinajstić information content (AvgIpc) is 3.55. The molecule has 3 heterocycles. The summed E-state index contributed by atoms with van der Waals surface area (Å²) in [5, 5.41) is 7.95. The van der Waals surface area contributed by atoms with Crippen molar-refractivity contribution in [2.45, 2.75) is 33.4 Å². The van der Waals surface area contributed by atoms with Gasteiger partial charge in [0.1, 0.15) is 5.82 Å². The second-order valence-corrected chi connectivity index (χ2v) is 10.1. The molecule has 5 aromatic rings. The Bertz CT molecular complexity index is 1720. The standard InChI is InChI=1S/C33H31N5O3/c1-4-41-32(39)25-10-8-11-26(20-25)34-33(40)37-21-28-23(3)35-38(27-12-6-5-7-13-27)31(28)36-19-9-14-29(36)30(37)24-17-15-22(2)16-18-24/h5-20,30H,4,21H2,1-3H3,(H,34,40)/t30-/m0/s1. The van der Waals surface area contributed by atoms with Crippen LogP contribution in [0.15, 0.2) is 97.2 Å². The minimum atomic E-state index is -0.428. The van der Waals surface area contributed by atoms with Crippen molar-refractivity contribution < 1.29 is 14.3 Å². The molecule has 1 atom stereocenters. The molecule has 3 aromatic carbocycles. The predicted octanol–water partition coefficient (Wildman–Crippen LogP) is 6.59. The number of anilines is 1. The Kier molecular flexibility index (Phi) is 6.89. The molecule has 0 aliphatic carbocycles. The van der Waals surface area contributed by atoms with Crippen molar-refractivity contribution in [1.82, 2.24) is 19.2 Å². The van der Waals surface area contributed by atoms with E-state index >= 15 is 0 Å². The third kappa shape index (κ3) is 4.89. The number of fused-ring (bicyclic) bond motifs is 3. The van der Waals surface area contributed by atoms with Crippen LogP contribution in [0.25, 0.3) is 11.5 Å². The lowest BCUT2D eigenvalue weighted by Crippen LogP contribution is -2.38. The fourth-order valence-corrected chi connectivity index (χ4v) is 5.38. The monoisotopic (exact) mass is 545 g/mol. The van der Waals surface area contributed by atoms with Crippen LogP contribution in [0.4, 0.5) is 10.5 Å². The van der Waals surface area contributed by atoms with E-state index in [4.69, 9.17) is 9.84 Å². The van der Waals surface area contributed by atoms with Crippen LogP contribution in [-0.2, 0) is 11.3 Å². The van der Waals surface area contributed by atoms with Crippen LogP contribution >= 0.6 is 0 Å². The van der Waals surface area contributed by atoms with Gasteiger partial charge in [-0.05, 0) is 68.8 Å². The van der Waals surface area contributed by atoms with Crippen LogP contribution in [0.3, 0.4) is 0 Å². The highest BCUT2D eigenvalue weighted by molar-refractivity contribution is 5.94. The zero-order valence-electron chi connectivity index (χ0n) is 23.2. The number of nitrogens with zero attached hydrogens (tertiary/aromatic N) is 4. The summed E-state index contributed by atoms with van der Waals surface area (Å²) in [6.45, 7) is 6.40. The number of hydrogen-bond acceptors (Lipinski definition) is 4. The van der Waals surface area contributed by atoms with Crippen LogP contribution in [-0.4, -0.2) is 37.9 Å². The maximum absolute atomic E-state index is 14.2. The van der Waals surface area contributed by atoms with E-state index in [0.717, 1.165) is 39.6 Å². The topological polar surface area (TPSA) is 81.4 Å². The van der Waals surface area contributed by atoms with Gasteiger partial charge in [-0.1, -0.05) is 54.1 Å². The number of ether oxygens (including phenoxy) is 1. The summed E-state index contributed by atoms with van der Waals surface area (Å²) < 4.78 is 9.24. The predicted molar refractivity (Wildman–Crippen MR) is 158 cm³/mol. The second-order valence-electron chi connectivity index (χ2n) is 10.1. The summed E-state index contributed by atoms with van der Waals surface area (Å²) in [5.41, 5.74) is 6.71. The number of aryl methyl sites for hydroxylation is 2. The lowest BCUT2D eigenvalue weighted by atomic mass is 10.0. The van der Waals surface area contributed by atoms with Gasteiger partial charge in [-0.2, -0.15) is 5.10 Å². The molecule has 1 N–H and O–H groups in total. The highest BCUT2D eigenvalue weighted by Gasteiger charge is 2.36. The van der Waals surface area contributed by atoms with Crippen LogP contribution in [0, 0.1) is 13.8 Å². The lowest BCUT2D eigenvalue weighted by Gasteiger charge is -2.31. The molecule has 0 radical (unpaired) electrons. The number of benzene rings is 3. The van der Waals surface area contributed by atoms with Gasteiger partial charge >= 0.3 is 12.0 Å². The van der Waals surface area contributed by atoms with Gasteiger partial charge < -0.3 is 19.5 Å². The fraction of sp³-hybridized carbons (Fsp3) is 0.182. The molecule has 206 valence electrons. The summed E-state index contributed by atoms with van der Waals surface area (Å²) >= 11 is 0. The molecule has 8 nitrogen and oxygen atoms in total. The number of rotatable bonds is 5. The molecule has 6 rings (SSSR count). The van der Waals surface area contributed by atoms with E-state index < -0.39 is 5.97 Å². The van der Waals surface area contributed by atoms with Crippen molar-refractivity contribution >= 4 is 17.7 Å². The van der Waals surface area contributed by atoms with E-state index in [0.29, 0.717) is 17.8 Å². The number of carbonyl (C=O) groups excluding carboxylic acids is 2. The third-order valence-electron chi connectivity index (χ3n) is 7.37. The van der Waals surface area contributed by atoms with E-state index in [1.807, 2.05) is 66.0 Å². The molecule has 0 fully saturated rings. The average molecular weight is 546 g/mol. The van der Waals surface area contributed by atoms with Gasteiger partial charge in [0.05, 0.1) is 41.8 Å². The molecular weight excluding hydrogens is 514 g/mol. The van der Waals surface area contributed by atoms with Gasteiger partial charge in [0.15, 0.2) is 0 Å². The fourth-order valence-electron chi connectivity index (χ4n) is 5.38. The number of amides is 2. The molecular formula is C33H31N5O3. The summed E-state index contributed by atoms with van der Waals surface area (Å²) in [7, 11) is 0. The number of hydrogen-bond donors (Lipinski definition) is 1. The Morgan fingerprint density at radius 3 is 2.49 bits per heavy atom. The van der Waals surface area contributed by atoms with Gasteiger partial charge in [-0.3, -0.25) is 0 Å². The number of aromatic nitrogens is 3. The van der Waals surface area contributed by atoms with Crippen LogP contribution in [0.1, 0.15) is 51.4 Å². The summed E-state index contributed by atoms with van der Waals surface area (Å²) in [6, 6.07) is 28.5. The van der Waals surface area contributed by atoms with Gasteiger partial charge in [0, 0.05) is 17.4 Å². The number of urea groups is 1. The molecule has 41 heavy (non-hydrogen) atoms. The summed E-state index contributed by atoms with van der Waals surface area (Å²) in [6.07, 6.45) is 2.03. The zero-order valence-corrected chi connectivity index (χ0v) is 23.2. The quantitative estimate of drug-likeness (QED) is 0.253. The summed E-state index contributed by atoms with van der Waals surface area (Å²) in [4.78, 5) is 28.3. The molecule has 0 saturated heterocycles. The van der Waals surface area contributed by atoms with Crippen molar-refractivity contribution in [2.75, 3.05) is 11.9 Å². The van der Waals surface area contributed by atoms with Gasteiger partial charge in [-0.25, -0.2) is 14.3 Å². The molecule has 0 bridgehead atoms. The third-order valence-corrected chi connectivity index (χ3v) is 7.37. The Hall–Kier alpha value is -5.11. The van der Waals surface area contributed by atoms with Gasteiger partial charge in [0.2, 0.25) is 0 Å². The van der Waals surface area contributed by atoms with Crippen molar-refractivity contribution in [3.05, 3.63) is 131 Å². The Morgan fingerprint density at radius 1 is 0.951 bits per heavy atom. The zero-order chi connectivity index (χ0) is 28.5. The van der Waals surface area contributed by atoms with Crippen molar-refractivity contribution in [3.8, 4) is 11.5 Å². The molecule has 1 aliphatic rings. The highest BCUT2D eigenvalue weighted by atomic mass is 16.5. The highest BCUT2D eigenvalue weighted by Crippen LogP contribution is 2.38. The lowest BCUT2D eigenvalue weighted by molar-refractivity contribution is 0.0526. The first-order chi connectivity index (χ1) is 19.9. The normalized spacial score (nSPS) is 14.1. The number of nitrogens with one attached hydrogen (secondary N) is 1. The van der Waals surface area contributed by atoms with Crippen molar-refractivity contribution in [1.29, 1.82) is 0 Å². The Morgan fingerprint density at radius 2 is 1.73 bits per heavy atom. The van der Waals surface area contributed by atoms with Crippen molar-refractivity contribution in [2.24, 2.45) is 0 Å². The number of para-hydroxylation sites is 1. The van der Waals surface area contributed by atoms with Gasteiger partial charge in [0.25, 0.3) is 0 Å².